The van der Waals surface area contributed by atoms with E-state index in [1.165, 1.54) is 18.4 Å². The number of carbonyl (C=O) groups is 1. The number of carbonyl (C=O) groups excluding carboxylic acids is 1. The third kappa shape index (κ3) is 2.60. The predicted octanol–water partition coefficient (Wildman–Crippen LogP) is 4.71. The third-order valence-electron chi connectivity index (χ3n) is 2.42. The summed E-state index contributed by atoms with van der Waals surface area (Å²) in [7, 11) is 1.52. The van der Waals surface area contributed by atoms with E-state index >= 15 is 0 Å². The summed E-state index contributed by atoms with van der Waals surface area (Å²) in [6.45, 7) is 1.96. The number of hydrogen-bond donors (Lipinski definition) is 0. The number of ketones is 1. The lowest BCUT2D eigenvalue weighted by Crippen LogP contribution is -2.02. The Balaban J connectivity index is 2.49. The van der Waals surface area contributed by atoms with Crippen LogP contribution in [-0.4, -0.2) is 12.9 Å². The van der Waals surface area contributed by atoms with Crippen LogP contribution in [0.2, 0.25) is 5.02 Å². The van der Waals surface area contributed by atoms with Gasteiger partial charge in [0.2, 0.25) is 5.78 Å². The number of halogens is 2. The van der Waals surface area contributed by atoms with E-state index in [9.17, 15) is 4.79 Å². The van der Waals surface area contributed by atoms with Crippen molar-refractivity contribution in [3.63, 3.8) is 0 Å². The molecule has 94 valence electrons. The van der Waals surface area contributed by atoms with Gasteiger partial charge in [0.15, 0.2) is 0 Å². The molecule has 0 amide bonds. The van der Waals surface area contributed by atoms with E-state index in [4.69, 9.17) is 16.3 Å². The highest BCUT2D eigenvalue weighted by atomic mass is 79.9. The van der Waals surface area contributed by atoms with Crippen molar-refractivity contribution in [3.8, 4) is 5.75 Å². The largest absolute Gasteiger partial charge is 0.496 e. The standard InChI is InChI=1S/C13H10BrClO2S/c1-7-5-10(14)13(18-7)12(16)9-4-3-8(15)6-11(9)17-2/h3-6H,1-2H3. The van der Waals surface area contributed by atoms with Gasteiger partial charge in [-0.1, -0.05) is 11.6 Å². The molecule has 0 aliphatic rings. The van der Waals surface area contributed by atoms with E-state index in [2.05, 4.69) is 15.9 Å². The zero-order valence-corrected chi connectivity index (χ0v) is 12.9. The second-order valence-electron chi connectivity index (χ2n) is 3.71. The van der Waals surface area contributed by atoms with Crippen molar-refractivity contribution in [2.45, 2.75) is 6.92 Å². The first-order chi connectivity index (χ1) is 8.52. The number of hydrogen-bond acceptors (Lipinski definition) is 3. The van der Waals surface area contributed by atoms with E-state index in [0.29, 0.717) is 21.2 Å². The first-order valence-electron chi connectivity index (χ1n) is 5.17. The number of ether oxygens (including phenoxy) is 1. The van der Waals surface area contributed by atoms with E-state index in [1.54, 1.807) is 18.2 Å². The Morgan fingerprint density at radius 1 is 1.39 bits per heavy atom. The van der Waals surface area contributed by atoms with Crippen LogP contribution in [0.15, 0.2) is 28.7 Å². The summed E-state index contributed by atoms with van der Waals surface area (Å²) in [5.41, 5.74) is 0.518. The summed E-state index contributed by atoms with van der Waals surface area (Å²) in [6, 6.07) is 6.94. The van der Waals surface area contributed by atoms with Crippen molar-refractivity contribution >= 4 is 44.7 Å². The Bertz CT molecular complexity index is 607. The lowest BCUT2D eigenvalue weighted by atomic mass is 10.1. The van der Waals surface area contributed by atoms with Crippen LogP contribution in [0.4, 0.5) is 0 Å². The van der Waals surface area contributed by atoms with Crippen LogP contribution >= 0.6 is 38.9 Å². The van der Waals surface area contributed by atoms with E-state index in [-0.39, 0.29) is 5.78 Å². The molecule has 1 aromatic carbocycles. The third-order valence-corrected chi connectivity index (χ3v) is 4.60. The Labute approximate surface area is 123 Å². The number of aryl methyl sites for hydroxylation is 1. The van der Waals surface area contributed by atoms with Gasteiger partial charge >= 0.3 is 0 Å². The van der Waals surface area contributed by atoms with Crippen LogP contribution in [0.5, 0.6) is 5.75 Å². The predicted molar refractivity (Wildman–Crippen MR) is 78.2 cm³/mol. The first kappa shape index (κ1) is 13.6. The van der Waals surface area contributed by atoms with Crippen molar-refractivity contribution in [2.24, 2.45) is 0 Å². The van der Waals surface area contributed by atoms with Crippen molar-refractivity contribution in [3.05, 3.63) is 49.1 Å². The van der Waals surface area contributed by atoms with Crippen LogP contribution < -0.4 is 4.74 Å². The van der Waals surface area contributed by atoms with Gasteiger partial charge < -0.3 is 4.74 Å². The van der Waals surface area contributed by atoms with Gasteiger partial charge in [0, 0.05) is 14.4 Å². The normalized spacial score (nSPS) is 10.4. The minimum atomic E-state index is -0.0616. The molecule has 0 unspecified atom stereocenters. The molecule has 0 fully saturated rings. The molecule has 0 spiro atoms. The topological polar surface area (TPSA) is 26.3 Å². The van der Waals surface area contributed by atoms with E-state index in [0.717, 1.165) is 9.35 Å². The van der Waals surface area contributed by atoms with Crippen LogP contribution in [-0.2, 0) is 0 Å². The minimum absolute atomic E-state index is 0.0616. The molecule has 2 nitrogen and oxygen atoms in total. The zero-order chi connectivity index (χ0) is 13.3. The number of methoxy groups -OCH3 is 1. The molecule has 2 aromatic rings. The molecule has 0 radical (unpaired) electrons. The first-order valence-corrected chi connectivity index (χ1v) is 7.16. The molecule has 2 rings (SSSR count). The molecular formula is C13H10BrClO2S. The Morgan fingerprint density at radius 2 is 2.11 bits per heavy atom. The maximum absolute atomic E-state index is 12.4. The summed E-state index contributed by atoms with van der Waals surface area (Å²) >= 11 is 10.7. The Kier molecular flexibility index (Phi) is 4.10. The smallest absolute Gasteiger partial charge is 0.207 e. The fourth-order valence-corrected chi connectivity index (χ4v) is 3.55. The number of rotatable bonds is 3. The van der Waals surface area contributed by atoms with Crippen LogP contribution in [0.3, 0.4) is 0 Å². The van der Waals surface area contributed by atoms with Crippen molar-refractivity contribution < 1.29 is 9.53 Å². The van der Waals surface area contributed by atoms with Crippen molar-refractivity contribution in [1.82, 2.24) is 0 Å². The monoisotopic (exact) mass is 344 g/mol. The van der Waals surface area contributed by atoms with Gasteiger partial charge in [-0.3, -0.25) is 4.79 Å². The quantitative estimate of drug-likeness (QED) is 0.753. The molecule has 0 saturated heterocycles. The van der Waals surface area contributed by atoms with Gasteiger partial charge in [-0.05, 0) is 47.1 Å². The minimum Gasteiger partial charge on any atom is -0.496 e. The van der Waals surface area contributed by atoms with Gasteiger partial charge in [-0.15, -0.1) is 11.3 Å². The molecule has 0 aliphatic heterocycles. The molecule has 5 heteroatoms. The average Bonchev–Trinajstić information content (AvgIpc) is 2.67. The zero-order valence-electron chi connectivity index (χ0n) is 9.79. The summed E-state index contributed by atoms with van der Waals surface area (Å²) in [5.74, 6) is 0.430. The molecule has 0 saturated carbocycles. The average molecular weight is 346 g/mol. The summed E-state index contributed by atoms with van der Waals surface area (Å²) in [5, 5.41) is 0.546. The second kappa shape index (κ2) is 5.43. The summed E-state index contributed by atoms with van der Waals surface area (Å²) in [4.78, 5) is 14.2. The molecule has 0 bridgehead atoms. The molecule has 1 aromatic heterocycles. The lowest BCUT2D eigenvalue weighted by Gasteiger charge is -2.07. The SMILES string of the molecule is COc1cc(Cl)ccc1C(=O)c1sc(C)cc1Br. The molecular weight excluding hydrogens is 336 g/mol. The van der Waals surface area contributed by atoms with Gasteiger partial charge in [-0.2, -0.15) is 0 Å². The van der Waals surface area contributed by atoms with Crippen molar-refractivity contribution in [1.29, 1.82) is 0 Å². The van der Waals surface area contributed by atoms with E-state index < -0.39 is 0 Å². The maximum Gasteiger partial charge on any atom is 0.207 e. The highest BCUT2D eigenvalue weighted by Crippen LogP contribution is 2.32. The highest BCUT2D eigenvalue weighted by molar-refractivity contribution is 9.10. The van der Waals surface area contributed by atoms with Gasteiger partial charge in [-0.25, -0.2) is 0 Å². The van der Waals surface area contributed by atoms with Crippen LogP contribution in [0.25, 0.3) is 0 Å². The number of benzene rings is 1. The van der Waals surface area contributed by atoms with Gasteiger partial charge in [0.25, 0.3) is 0 Å². The molecule has 1 heterocycles. The molecule has 0 atom stereocenters. The fraction of sp³-hybridized carbons (Fsp3) is 0.154. The van der Waals surface area contributed by atoms with Gasteiger partial charge in [0.05, 0.1) is 17.6 Å². The highest BCUT2D eigenvalue weighted by Gasteiger charge is 2.19. The maximum atomic E-state index is 12.4. The Morgan fingerprint density at radius 3 is 2.67 bits per heavy atom. The molecule has 0 N–H and O–H groups in total. The molecule has 0 aliphatic carbocycles. The van der Waals surface area contributed by atoms with Crippen molar-refractivity contribution in [2.75, 3.05) is 7.11 Å². The van der Waals surface area contributed by atoms with Crippen LogP contribution in [0, 0.1) is 6.92 Å². The second-order valence-corrected chi connectivity index (χ2v) is 6.25. The molecule has 18 heavy (non-hydrogen) atoms. The summed E-state index contributed by atoms with van der Waals surface area (Å²) < 4.78 is 6.01. The fourth-order valence-electron chi connectivity index (χ4n) is 1.61. The van der Waals surface area contributed by atoms with Gasteiger partial charge in [0.1, 0.15) is 5.75 Å². The number of thiophene rings is 1. The van der Waals surface area contributed by atoms with Crippen LogP contribution in [0.1, 0.15) is 20.1 Å². The summed E-state index contributed by atoms with van der Waals surface area (Å²) in [6.07, 6.45) is 0. The Hall–Kier alpha value is -0.840. The lowest BCUT2D eigenvalue weighted by molar-refractivity contribution is 0.103. The van der Waals surface area contributed by atoms with E-state index in [1.807, 2.05) is 13.0 Å².